The Morgan fingerprint density at radius 1 is 0.913 bits per heavy atom. The van der Waals surface area contributed by atoms with Gasteiger partial charge in [0.15, 0.2) is 11.5 Å². The largest absolute Gasteiger partial charge is 0.493 e. The van der Waals surface area contributed by atoms with Crippen molar-refractivity contribution < 1.29 is 9.47 Å². The van der Waals surface area contributed by atoms with Crippen LogP contribution in [0.4, 0.5) is 5.69 Å². The first-order valence-electron chi connectivity index (χ1n) is 7.44. The van der Waals surface area contributed by atoms with Crippen molar-refractivity contribution in [3.05, 3.63) is 53.6 Å². The van der Waals surface area contributed by atoms with E-state index in [1.807, 2.05) is 30.3 Å². The molecule has 0 aliphatic carbocycles. The lowest BCUT2D eigenvalue weighted by atomic mass is 10.1. The molecule has 0 saturated heterocycles. The normalized spacial score (nSPS) is 10.3. The summed E-state index contributed by atoms with van der Waals surface area (Å²) in [5.41, 5.74) is 9.08. The molecule has 5 heteroatoms. The van der Waals surface area contributed by atoms with Crippen molar-refractivity contribution in [1.82, 2.24) is 4.90 Å². The van der Waals surface area contributed by atoms with E-state index in [4.69, 9.17) is 15.2 Å². The highest BCUT2D eigenvalue weighted by molar-refractivity contribution is 5.85. The quantitative estimate of drug-likeness (QED) is 0.783. The Morgan fingerprint density at radius 2 is 1.57 bits per heavy atom. The molecule has 0 amide bonds. The van der Waals surface area contributed by atoms with Crippen molar-refractivity contribution >= 4 is 18.1 Å². The van der Waals surface area contributed by atoms with E-state index in [0.29, 0.717) is 0 Å². The number of ether oxygens (including phenoxy) is 2. The van der Waals surface area contributed by atoms with Gasteiger partial charge in [-0.05, 0) is 41.9 Å². The van der Waals surface area contributed by atoms with Crippen LogP contribution in [0.15, 0.2) is 42.5 Å². The Labute approximate surface area is 144 Å². The van der Waals surface area contributed by atoms with Gasteiger partial charge in [0.25, 0.3) is 0 Å². The van der Waals surface area contributed by atoms with E-state index >= 15 is 0 Å². The van der Waals surface area contributed by atoms with Gasteiger partial charge in [-0.15, -0.1) is 12.4 Å². The summed E-state index contributed by atoms with van der Waals surface area (Å²) < 4.78 is 10.6. The third kappa shape index (κ3) is 5.34. The zero-order valence-corrected chi connectivity index (χ0v) is 14.7. The highest BCUT2D eigenvalue weighted by Gasteiger charge is 2.09. The van der Waals surface area contributed by atoms with Crippen molar-refractivity contribution in [1.29, 1.82) is 0 Å². The van der Waals surface area contributed by atoms with Crippen LogP contribution in [0.3, 0.4) is 0 Å². The van der Waals surface area contributed by atoms with Crippen molar-refractivity contribution in [3.8, 4) is 11.5 Å². The molecule has 0 unspecified atom stereocenters. The summed E-state index contributed by atoms with van der Waals surface area (Å²) in [7, 11) is 3.31. The average molecular weight is 337 g/mol. The van der Waals surface area contributed by atoms with E-state index < -0.39 is 0 Å². The van der Waals surface area contributed by atoms with Gasteiger partial charge >= 0.3 is 0 Å². The summed E-state index contributed by atoms with van der Waals surface area (Å²) in [6.07, 6.45) is 0. The number of nitrogens with two attached hydrogens (primary N) is 1. The Kier molecular flexibility index (Phi) is 7.72. The number of rotatable bonds is 7. The van der Waals surface area contributed by atoms with E-state index in [0.717, 1.165) is 36.8 Å². The van der Waals surface area contributed by atoms with Gasteiger partial charge < -0.3 is 15.2 Å². The lowest BCUT2D eigenvalue weighted by molar-refractivity contribution is 0.270. The first-order chi connectivity index (χ1) is 10.7. The molecule has 0 heterocycles. The summed E-state index contributed by atoms with van der Waals surface area (Å²) in [6, 6.07) is 14.1. The molecule has 0 fully saturated rings. The molecule has 2 N–H and O–H groups in total. The molecule has 0 radical (unpaired) electrons. The monoisotopic (exact) mass is 336 g/mol. The van der Waals surface area contributed by atoms with E-state index in [9.17, 15) is 0 Å². The summed E-state index contributed by atoms with van der Waals surface area (Å²) in [5, 5.41) is 0. The fraction of sp³-hybridized carbons (Fsp3) is 0.333. The summed E-state index contributed by atoms with van der Waals surface area (Å²) >= 11 is 0. The molecule has 2 aromatic carbocycles. The zero-order chi connectivity index (χ0) is 15.9. The number of nitrogens with zero attached hydrogens (tertiary/aromatic N) is 1. The Morgan fingerprint density at radius 3 is 2.13 bits per heavy atom. The van der Waals surface area contributed by atoms with Gasteiger partial charge in [-0.1, -0.05) is 25.1 Å². The van der Waals surface area contributed by atoms with E-state index in [1.165, 1.54) is 11.1 Å². The van der Waals surface area contributed by atoms with E-state index in [1.54, 1.807) is 14.2 Å². The lowest BCUT2D eigenvalue weighted by Crippen LogP contribution is -2.22. The average Bonchev–Trinajstić information content (AvgIpc) is 2.54. The minimum Gasteiger partial charge on any atom is -0.493 e. The number of hydrogen-bond donors (Lipinski definition) is 1. The molecule has 23 heavy (non-hydrogen) atoms. The minimum absolute atomic E-state index is 0. The summed E-state index contributed by atoms with van der Waals surface area (Å²) in [4.78, 5) is 2.36. The van der Waals surface area contributed by atoms with Crippen LogP contribution in [0.1, 0.15) is 18.1 Å². The second kappa shape index (κ2) is 9.28. The second-order valence-electron chi connectivity index (χ2n) is 5.24. The highest BCUT2D eigenvalue weighted by Crippen LogP contribution is 2.28. The van der Waals surface area contributed by atoms with Crippen molar-refractivity contribution in [2.24, 2.45) is 0 Å². The lowest BCUT2D eigenvalue weighted by Gasteiger charge is -2.21. The van der Waals surface area contributed by atoms with Gasteiger partial charge in [-0.2, -0.15) is 0 Å². The topological polar surface area (TPSA) is 47.7 Å². The maximum absolute atomic E-state index is 5.85. The SMILES string of the molecule is CCN(Cc1cccc(N)c1)Cc1ccc(OC)c(OC)c1.Cl. The van der Waals surface area contributed by atoms with Crippen LogP contribution in [0.25, 0.3) is 0 Å². The number of anilines is 1. The second-order valence-corrected chi connectivity index (χ2v) is 5.24. The molecule has 126 valence electrons. The molecule has 0 bridgehead atoms. The van der Waals surface area contributed by atoms with Crippen LogP contribution in [0.2, 0.25) is 0 Å². The Hall–Kier alpha value is -1.91. The molecule has 0 aliphatic heterocycles. The molecule has 0 aliphatic rings. The molecular weight excluding hydrogens is 312 g/mol. The Balaban J connectivity index is 0.00000264. The fourth-order valence-corrected chi connectivity index (χ4v) is 2.47. The molecule has 0 saturated carbocycles. The van der Waals surface area contributed by atoms with Gasteiger partial charge in [0.2, 0.25) is 0 Å². The van der Waals surface area contributed by atoms with Gasteiger partial charge in [0, 0.05) is 18.8 Å². The first-order valence-corrected chi connectivity index (χ1v) is 7.44. The maximum Gasteiger partial charge on any atom is 0.161 e. The molecule has 0 spiro atoms. The smallest absolute Gasteiger partial charge is 0.161 e. The van der Waals surface area contributed by atoms with Crippen molar-refractivity contribution in [2.45, 2.75) is 20.0 Å². The summed E-state index contributed by atoms with van der Waals surface area (Å²) in [6.45, 7) is 4.84. The maximum atomic E-state index is 5.85. The van der Waals surface area contributed by atoms with Crippen LogP contribution >= 0.6 is 12.4 Å². The number of benzene rings is 2. The van der Waals surface area contributed by atoms with Crippen LogP contribution in [0, 0.1) is 0 Å². The predicted molar refractivity (Wildman–Crippen MR) is 97.4 cm³/mol. The summed E-state index contributed by atoms with van der Waals surface area (Å²) in [5.74, 6) is 1.52. The molecule has 0 atom stereocenters. The standard InChI is InChI=1S/C18H24N2O2.ClH/c1-4-20(12-14-6-5-7-16(19)10-14)13-15-8-9-17(21-2)18(11-15)22-3;/h5-11H,4,12-13,19H2,1-3H3;1H. The third-order valence-electron chi connectivity index (χ3n) is 3.66. The molecule has 4 nitrogen and oxygen atoms in total. The first kappa shape index (κ1) is 19.1. The predicted octanol–water partition coefficient (Wildman–Crippen LogP) is 3.73. The number of hydrogen-bond acceptors (Lipinski definition) is 4. The Bertz CT molecular complexity index is 620. The van der Waals surface area contributed by atoms with Crippen LogP contribution in [-0.2, 0) is 13.1 Å². The van der Waals surface area contributed by atoms with Crippen molar-refractivity contribution in [3.63, 3.8) is 0 Å². The van der Waals surface area contributed by atoms with Crippen LogP contribution in [0.5, 0.6) is 11.5 Å². The van der Waals surface area contributed by atoms with Gasteiger partial charge in [0.05, 0.1) is 14.2 Å². The van der Waals surface area contributed by atoms with E-state index in [2.05, 4.69) is 24.0 Å². The van der Waals surface area contributed by atoms with E-state index in [-0.39, 0.29) is 12.4 Å². The third-order valence-corrected chi connectivity index (χ3v) is 3.66. The minimum atomic E-state index is 0. The van der Waals surface area contributed by atoms with Gasteiger partial charge in [-0.3, -0.25) is 4.90 Å². The molecule has 0 aromatic heterocycles. The molecule has 2 rings (SSSR count). The van der Waals surface area contributed by atoms with Crippen molar-refractivity contribution in [2.75, 3.05) is 26.5 Å². The number of nitrogen functional groups attached to an aromatic ring is 1. The highest BCUT2D eigenvalue weighted by atomic mass is 35.5. The molecular formula is C18H25ClN2O2. The van der Waals surface area contributed by atoms with Crippen LogP contribution in [-0.4, -0.2) is 25.7 Å². The van der Waals surface area contributed by atoms with Gasteiger partial charge in [-0.25, -0.2) is 0 Å². The molecule has 2 aromatic rings. The number of methoxy groups -OCH3 is 2. The number of halogens is 1. The van der Waals surface area contributed by atoms with Crippen LogP contribution < -0.4 is 15.2 Å². The fourth-order valence-electron chi connectivity index (χ4n) is 2.47. The van der Waals surface area contributed by atoms with Gasteiger partial charge in [0.1, 0.15) is 0 Å². The zero-order valence-electron chi connectivity index (χ0n) is 13.9.